The Morgan fingerprint density at radius 1 is 0.964 bits per heavy atom. The van der Waals surface area contributed by atoms with Gasteiger partial charge < -0.3 is 4.74 Å². The predicted octanol–water partition coefficient (Wildman–Crippen LogP) is 7.88. The van der Waals surface area contributed by atoms with Gasteiger partial charge in [0.25, 0.3) is 0 Å². The maximum Gasteiger partial charge on any atom is 0.342 e. The third kappa shape index (κ3) is 13.3. The molecule has 3 heteroatoms. The molecule has 154 valence electrons. The second-order valence-corrected chi connectivity index (χ2v) is 5.31. The van der Waals surface area contributed by atoms with E-state index >= 15 is 0 Å². The Labute approximate surface area is 171 Å². The van der Waals surface area contributed by atoms with Crippen molar-refractivity contribution in [2.24, 2.45) is 0 Å². The fraction of sp³-hybridized carbons (Fsp3) is 0.240. The maximum absolute atomic E-state index is 13.6. The summed E-state index contributed by atoms with van der Waals surface area (Å²) in [6, 6.07) is 0. The minimum absolute atomic E-state index is 0.0908. The number of ether oxygens (including phenoxy) is 1. The van der Waals surface area contributed by atoms with Crippen LogP contribution in [0.15, 0.2) is 110 Å². The monoisotopic (exact) mass is 386 g/mol. The number of rotatable bonds is 9. The molecule has 0 radical (unpaired) electrons. The fourth-order valence-electron chi connectivity index (χ4n) is 1.53. The van der Waals surface area contributed by atoms with Crippen LogP contribution < -0.4 is 0 Å². The van der Waals surface area contributed by atoms with Gasteiger partial charge in [-0.25, -0.2) is 9.18 Å². The third-order valence-corrected chi connectivity index (χ3v) is 2.93. The third-order valence-electron chi connectivity index (χ3n) is 2.93. The highest BCUT2D eigenvalue weighted by Crippen LogP contribution is 2.20. The molecule has 0 aromatic heterocycles. The number of halogens is 1. The molecule has 0 aromatic carbocycles. The van der Waals surface area contributed by atoms with Gasteiger partial charge in [-0.3, -0.25) is 0 Å². The van der Waals surface area contributed by atoms with Crippen molar-refractivity contribution in [1.29, 1.82) is 0 Å². The lowest BCUT2D eigenvalue weighted by atomic mass is 10.1. The minimum Gasteiger partial charge on any atom is -0.423 e. The van der Waals surface area contributed by atoms with Crippen LogP contribution in [0.2, 0.25) is 0 Å². The number of hydrogen-bond donors (Lipinski definition) is 0. The second-order valence-electron chi connectivity index (χ2n) is 5.31. The Balaban J connectivity index is -0.00000146. The van der Waals surface area contributed by atoms with Crippen molar-refractivity contribution in [3.63, 3.8) is 0 Å². The summed E-state index contributed by atoms with van der Waals surface area (Å²) in [5.41, 5.74) is 2.12. The topological polar surface area (TPSA) is 26.3 Å². The van der Waals surface area contributed by atoms with Crippen molar-refractivity contribution in [3.05, 3.63) is 110 Å². The summed E-state index contributed by atoms with van der Waals surface area (Å²) in [7, 11) is 0. The summed E-state index contributed by atoms with van der Waals surface area (Å²) in [5, 5.41) is 0. The van der Waals surface area contributed by atoms with Crippen LogP contribution in [0.3, 0.4) is 0 Å². The van der Waals surface area contributed by atoms with Gasteiger partial charge >= 0.3 is 5.97 Å². The van der Waals surface area contributed by atoms with Gasteiger partial charge in [-0.2, -0.15) is 0 Å². The summed E-state index contributed by atoms with van der Waals surface area (Å²) >= 11 is 0. The molecule has 0 aromatic rings. The highest BCUT2D eigenvalue weighted by Gasteiger charge is 2.10. The van der Waals surface area contributed by atoms with Crippen LogP contribution >= 0.6 is 0 Å². The second kappa shape index (κ2) is 17.5. The van der Waals surface area contributed by atoms with Gasteiger partial charge in [0.05, 0.1) is 5.57 Å². The Morgan fingerprint density at radius 2 is 1.43 bits per heavy atom. The molecule has 0 N–H and O–H groups in total. The largest absolute Gasteiger partial charge is 0.423 e. The predicted molar refractivity (Wildman–Crippen MR) is 122 cm³/mol. The van der Waals surface area contributed by atoms with Gasteiger partial charge in [-0.15, -0.1) is 13.2 Å². The average molecular weight is 387 g/mol. The zero-order valence-electron chi connectivity index (χ0n) is 18.2. The zero-order valence-corrected chi connectivity index (χ0v) is 18.2. The molecular weight excluding hydrogens is 351 g/mol. The summed E-state index contributed by atoms with van der Waals surface area (Å²) in [6.45, 7) is 33.8. The van der Waals surface area contributed by atoms with E-state index in [-0.39, 0.29) is 16.9 Å². The standard InChI is InChI=1S/C21H25FO2.C2H6.C2H4/c1-9-10-20(22)18(7)15(4)11-12-16(5)21(23)24-19(8)17(6)13-14(2)3;2*1-2/h10-13H,2,4-5,7-9H2,1,3,6H3;1-2H3;1-2H2/b12-11-,17-13-,20-10+;;. The van der Waals surface area contributed by atoms with E-state index in [0.29, 0.717) is 17.6 Å². The van der Waals surface area contributed by atoms with Crippen LogP contribution in [0.5, 0.6) is 0 Å². The van der Waals surface area contributed by atoms with Gasteiger partial charge in [-0.05, 0) is 43.6 Å². The lowest BCUT2D eigenvalue weighted by Crippen LogP contribution is -2.06. The zero-order chi connectivity index (χ0) is 22.9. The number of allylic oxidation sites excluding steroid dienone is 8. The smallest absolute Gasteiger partial charge is 0.342 e. The first-order chi connectivity index (χ1) is 13.1. The number of esters is 1. The molecule has 0 bridgehead atoms. The van der Waals surface area contributed by atoms with Gasteiger partial charge in [0, 0.05) is 5.57 Å². The van der Waals surface area contributed by atoms with Gasteiger partial charge in [0.1, 0.15) is 11.6 Å². The molecule has 2 nitrogen and oxygen atoms in total. The molecule has 0 fully saturated rings. The van der Waals surface area contributed by atoms with Crippen LogP contribution in [0, 0.1) is 0 Å². The van der Waals surface area contributed by atoms with Crippen molar-refractivity contribution >= 4 is 5.97 Å². The lowest BCUT2D eigenvalue weighted by Gasteiger charge is -2.08. The van der Waals surface area contributed by atoms with E-state index in [1.54, 1.807) is 13.0 Å². The molecule has 0 saturated heterocycles. The van der Waals surface area contributed by atoms with Crippen LogP contribution in [0.1, 0.15) is 41.0 Å². The van der Waals surface area contributed by atoms with Crippen molar-refractivity contribution in [2.45, 2.75) is 41.0 Å². The summed E-state index contributed by atoms with van der Waals surface area (Å²) in [5.74, 6) is -0.860. The van der Waals surface area contributed by atoms with Crippen LogP contribution in [0.25, 0.3) is 0 Å². The van der Waals surface area contributed by atoms with E-state index in [0.717, 1.165) is 5.57 Å². The van der Waals surface area contributed by atoms with Crippen LogP contribution in [-0.2, 0) is 9.53 Å². The van der Waals surface area contributed by atoms with E-state index < -0.39 is 11.8 Å². The minimum atomic E-state index is -0.645. The molecule has 28 heavy (non-hydrogen) atoms. The molecular formula is C25H35FO2. The van der Waals surface area contributed by atoms with E-state index in [1.807, 2.05) is 27.7 Å². The molecule has 0 aliphatic heterocycles. The molecule has 0 unspecified atom stereocenters. The SMILES string of the molecule is C=C.C=C(C)/C=C(/C)C(=C)OC(=O)C(=C)/C=C\C(=C)C(=C)/C(F)=C\CC.CC. The van der Waals surface area contributed by atoms with E-state index in [2.05, 4.69) is 46.1 Å². The Morgan fingerprint density at radius 3 is 1.86 bits per heavy atom. The highest BCUT2D eigenvalue weighted by molar-refractivity contribution is 5.91. The Kier molecular flexibility index (Phi) is 18.6. The number of carbonyl (C=O) groups excluding carboxylic acids is 1. The Bertz CT molecular complexity index is 685. The molecule has 0 aliphatic carbocycles. The van der Waals surface area contributed by atoms with Gasteiger partial charge in [0.2, 0.25) is 0 Å². The van der Waals surface area contributed by atoms with Crippen LogP contribution in [0.4, 0.5) is 4.39 Å². The Hall–Kier alpha value is -2.94. The number of carbonyl (C=O) groups is 1. The fourth-order valence-corrected chi connectivity index (χ4v) is 1.53. The van der Waals surface area contributed by atoms with Crippen molar-refractivity contribution < 1.29 is 13.9 Å². The first-order valence-corrected chi connectivity index (χ1v) is 8.96. The average Bonchev–Trinajstić information content (AvgIpc) is 2.67. The van der Waals surface area contributed by atoms with Gasteiger partial charge in [0.15, 0.2) is 0 Å². The summed E-state index contributed by atoms with van der Waals surface area (Å²) < 4.78 is 18.7. The molecule has 0 atom stereocenters. The summed E-state index contributed by atoms with van der Waals surface area (Å²) in [4.78, 5) is 11.9. The molecule has 0 aliphatic rings. The van der Waals surface area contributed by atoms with Crippen molar-refractivity contribution in [2.75, 3.05) is 0 Å². The first-order valence-electron chi connectivity index (χ1n) is 8.96. The first kappa shape index (κ1) is 29.8. The normalized spacial score (nSPS) is 10.6. The molecule has 0 rings (SSSR count). The van der Waals surface area contributed by atoms with E-state index in [9.17, 15) is 9.18 Å². The quantitative estimate of drug-likeness (QED) is 0.132. The molecule has 0 saturated carbocycles. The van der Waals surface area contributed by atoms with Crippen molar-refractivity contribution in [1.82, 2.24) is 0 Å². The highest BCUT2D eigenvalue weighted by atomic mass is 19.1. The maximum atomic E-state index is 13.6. The molecule has 0 spiro atoms. The molecule has 0 amide bonds. The number of hydrogen-bond acceptors (Lipinski definition) is 2. The van der Waals surface area contributed by atoms with E-state index in [4.69, 9.17) is 4.74 Å². The van der Waals surface area contributed by atoms with Gasteiger partial charge in [-0.1, -0.05) is 71.4 Å². The van der Waals surface area contributed by atoms with Crippen molar-refractivity contribution in [3.8, 4) is 0 Å². The van der Waals surface area contributed by atoms with Crippen LogP contribution in [-0.4, -0.2) is 5.97 Å². The van der Waals surface area contributed by atoms with E-state index in [1.165, 1.54) is 18.2 Å². The molecule has 0 heterocycles. The summed E-state index contributed by atoms with van der Waals surface area (Å²) in [6.07, 6.45) is 6.59. The lowest BCUT2D eigenvalue weighted by molar-refractivity contribution is -0.134.